The van der Waals surface area contributed by atoms with Crippen molar-refractivity contribution in [3.05, 3.63) is 77.0 Å². The minimum atomic E-state index is 1.02. The third-order valence-electron chi connectivity index (χ3n) is 4.40. The quantitative estimate of drug-likeness (QED) is 0.539. The molecule has 0 unspecified atom stereocenters. The molecule has 1 fully saturated rings. The Hall–Kier alpha value is -2.13. The fourth-order valence-electron chi connectivity index (χ4n) is 2.86. The first-order valence-corrected chi connectivity index (χ1v) is 9.69. The molecule has 0 atom stereocenters. The van der Waals surface area contributed by atoms with Gasteiger partial charge in [0.2, 0.25) is 0 Å². The number of allylic oxidation sites excluding steroid dienone is 9. The summed E-state index contributed by atoms with van der Waals surface area (Å²) in [7, 11) is 0. The maximum absolute atomic E-state index is 4.82. The molecular weight excluding hydrogens is 324 g/mol. The molecule has 1 aromatic heterocycles. The van der Waals surface area contributed by atoms with Gasteiger partial charge in [-0.05, 0) is 50.8 Å². The first-order chi connectivity index (χ1) is 12.1. The Bertz CT molecular complexity index is 738. The van der Waals surface area contributed by atoms with Gasteiger partial charge >= 0.3 is 0 Å². The lowest BCUT2D eigenvalue weighted by Gasteiger charge is -2.21. The molecule has 2 rings (SSSR count). The van der Waals surface area contributed by atoms with Crippen LogP contribution >= 0.6 is 11.3 Å². The van der Waals surface area contributed by atoms with Gasteiger partial charge in [-0.2, -0.15) is 0 Å². The molecule has 0 bridgehead atoms. The zero-order chi connectivity index (χ0) is 18.2. The highest BCUT2D eigenvalue weighted by molar-refractivity contribution is 7.11. The molecule has 1 saturated heterocycles. The van der Waals surface area contributed by atoms with Crippen LogP contribution in [0.25, 0.3) is 11.1 Å². The summed E-state index contributed by atoms with van der Waals surface area (Å²) in [5.74, 6) is 0. The van der Waals surface area contributed by atoms with Crippen molar-refractivity contribution in [3.63, 3.8) is 0 Å². The van der Waals surface area contributed by atoms with E-state index < -0.39 is 0 Å². The van der Waals surface area contributed by atoms with Crippen molar-refractivity contribution in [1.29, 1.82) is 0 Å². The van der Waals surface area contributed by atoms with Gasteiger partial charge in [0.05, 0.1) is 5.69 Å². The molecule has 2 nitrogen and oxygen atoms in total. The number of hydrogen-bond donors (Lipinski definition) is 0. The van der Waals surface area contributed by atoms with E-state index in [1.807, 2.05) is 19.1 Å². The molecule has 1 aliphatic heterocycles. The maximum atomic E-state index is 4.82. The lowest BCUT2D eigenvalue weighted by atomic mass is 10.1. The summed E-state index contributed by atoms with van der Waals surface area (Å²) in [4.78, 5) is 7.20. The summed E-state index contributed by atoms with van der Waals surface area (Å²) < 4.78 is 0. The molecule has 0 aromatic carbocycles. The van der Waals surface area contributed by atoms with Gasteiger partial charge < -0.3 is 4.90 Å². The molecule has 0 aliphatic carbocycles. The molecule has 3 heteroatoms. The summed E-state index contributed by atoms with van der Waals surface area (Å²) in [6.45, 7) is 16.5. The van der Waals surface area contributed by atoms with Crippen LogP contribution in [-0.2, 0) is 0 Å². The van der Waals surface area contributed by atoms with Crippen molar-refractivity contribution in [3.8, 4) is 0 Å². The minimum Gasteiger partial charge on any atom is -0.372 e. The summed E-state index contributed by atoms with van der Waals surface area (Å²) in [6, 6.07) is 0. The second-order valence-electron chi connectivity index (χ2n) is 6.09. The summed E-state index contributed by atoms with van der Waals surface area (Å²) >= 11 is 1.67. The standard InChI is InChI=1S/C22H28N2S/c1-6-9-12-19(7-2)22-23-21(16-25-22)20(8-3)15-17(4)18(5)24-13-10-11-14-24/h6-9,12,15-16H,1,5,10-11,13-14H2,2-4H3/b12-9-,17-15+,19-7+,20-8+. The fraction of sp³-hybridized carbons (Fsp3) is 0.318. The van der Waals surface area contributed by atoms with Crippen LogP contribution in [0.4, 0.5) is 0 Å². The Kier molecular flexibility index (Phi) is 7.20. The molecule has 25 heavy (non-hydrogen) atoms. The monoisotopic (exact) mass is 352 g/mol. The van der Waals surface area contributed by atoms with E-state index in [-0.39, 0.29) is 0 Å². The van der Waals surface area contributed by atoms with E-state index in [2.05, 4.69) is 55.5 Å². The lowest BCUT2D eigenvalue weighted by molar-refractivity contribution is 0.436. The molecule has 0 radical (unpaired) electrons. The zero-order valence-corrected chi connectivity index (χ0v) is 16.4. The molecule has 0 saturated carbocycles. The van der Waals surface area contributed by atoms with Crippen LogP contribution in [0.5, 0.6) is 0 Å². The number of hydrogen-bond acceptors (Lipinski definition) is 3. The van der Waals surface area contributed by atoms with Gasteiger partial charge in [-0.3, -0.25) is 0 Å². The first-order valence-electron chi connectivity index (χ1n) is 8.81. The molecule has 1 aromatic rings. The van der Waals surface area contributed by atoms with Crippen LogP contribution in [0, 0.1) is 0 Å². The van der Waals surface area contributed by atoms with Crippen molar-refractivity contribution in [2.75, 3.05) is 13.1 Å². The van der Waals surface area contributed by atoms with Crippen LogP contribution < -0.4 is 0 Å². The average molecular weight is 353 g/mol. The highest BCUT2D eigenvalue weighted by Crippen LogP contribution is 2.27. The molecule has 1 aliphatic rings. The highest BCUT2D eigenvalue weighted by Gasteiger charge is 2.15. The van der Waals surface area contributed by atoms with E-state index in [1.165, 1.54) is 18.4 Å². The maximum Gasteiger partial charge on any atom is 0.123 e. The van der Waals surface area contributed by atoms with Gasteiger partial charge in [0.25, 0.3) is 0 Å². The number of aromatic nitrogens is 1. The Morgan fingerprint density at radius 1 is 1.20 bits per heavy atom. The lowest BCUT2D eigenvalue weighted by Crippen LogP contribution is -2.18. The van der Waals surface area contributed by atoms with E-state index in [9.17, 15) is 0 Å². The van der Waals surface area contributed by atoms with Gasteiger partial charge in [0.15, 0.2) is 0 Å². The third kappa shape index (κ3) is 4.93. The van der Waals surface area contributed by atoms with Gasteiger partial charge in [-0.15, -0.1) is 11.3 Å². The smallest absolute Gasteiger partial charge is 0.123 e. The number of rotatable bonds is 7. The molecule has 0 amide bonds. The summed E-state index contributed by atoms with van der Waals surface area (Å²) in [6.07, 6.45) is 14.7. The van der Waals surface area contributed by atoms with E-state index in [0.29, 0.717) is 0 Å². The van der Waals surface area contributed by atoms with E-state index in [1.54, 1.807) is 17.4 Å². The molecular formula is C22H28N2S. The van der Waals surface area contributed by atoms with Crippen LogP contribution in [0.1, 0.15) is 44.3 Å². The van der Waals surface area contributed by atoms with Crippen LogP contribution in [0.3, 0.4) is 0 Å². The zero-order valence-electron chi connectivity index (χ0n) is 15.6. The van der Waals surface area contributed by atoms with Gasteiger partial charge in [0, 0.05) is 29.7 Å². The van der Waals surface area contributed by atoms with Gasteiger partial charge in [0.1, 0.15) is 5.01 Å². The Labute approximate surface area is 156 Å². The number of likely N-dealkylation sites (tertiary alicyclic amines) is 1. The largest absolute Gasteiger partial charge is 0.372 e. The van der Waals surface area contributed by atoms with Crippen LogP contribution in [-0.4, -0.2) is 23.0 Å². The average Bonchev–Trinajstić information content (AvgIpc) is 3.31. The van der Waals surface area contributed by atoms with Crippen LogP contribution in [0.15, 0.2) is 66.3 Å². The number of nitrogens with zero attached hydrogens (tertiary/aromatic N) is 2. The van der Waals surface area contributed by atoms with Gasteiger partial charge in [-0.1, -0.05) is 43.5 Å². The predicted octanol–water partition coefficient (Wildman–Crippen LogP) is 6.25. The van der Waals surface area contributed by atoms with Crippen molar-refractivity contribution in [2.45, 2.75) is 33.6 Å². The Morgan fingerprint density at radius 3 is 2.48 bits per heavy atom. The second-order valence-corrected chi connectivity index (χ2v) is 6.95. The molecule has 132 valence electrons. The highest BCUT2D eigenvalue weighted by atomic mass is 32.1. The molecule has 0 spiro atoms. The SMILES string of the molecule is C=C/C=C\C(=C/C)c1nc(C(/C=C(\C)C(=C)N2CCCC2)=C/C)cs1. The Balaban J connectivity index is 2.21. The number of thiazole rings is 1. The predicted molar refractivity (Wildman–Crippen MR) is 112 cm³/mol. The molecule has 2 heterocycles. The van der Waals surface area contributed by atoms with E-state index in [4.69, 9.17) is 4.98 Å². The van der Waals surface area contributed by atoms with Crippen LogP contribution in [0.2, 0.25) is 0 Å². The topological polar surface area (TPSA) is 16.1 Å². The Morgan fingerprint density at radius 2 is 1.88 bits per heavy atom. The van der Waals surface area contributed by atoms with E-state index in [0.717, 1.165) is 40.6 Å². The summed E-state index contributed by atoms with van der Waals surface area (Å²) in [5, 5.41) is 3.15. The molecule has 0 N–H and O–H groups in total. The normalized spacial score (nSPS) is 16.8. The van der Waals surface area contributed by atoms with Crippen molar-refractivity contribution in [1.82, 2.24) is 9.88 Å². The fourth-order valence-corrected chi connectivity index (χ4v) is 3.74. The van der Waals surface area contributed by atoms with Crippen molar-refractivity contribution < 1.29 is 0 Å². The summed E-state index contributed by atoms with van der Waals surface area (Å²) in [5.41, 5.74) is 5.62. The van der Waals surface area contributed by atoms with Crippen molar-refractivity contribution in [2.24, 2.45) is 0 Å². The van der Waals surface area contributed by atoms with E-state index >= 15 is 0 Å². The van der Waals surface area contributed by atoms with Gasteiger partial charge in [-0.25, -0.2) is 4.98 Å². The van der Waals surface area contributed by atoms with Crippen molar-refractivity contribution >= 4 is 22.5 Å². The third-order valence-corrected chi connectivity index (χ3v) is 5.29. The second kappa shape index (κ2) is 9.38. The first kappa shape index (κ1) is 19.2. The minimum absolute atomic E-state index is 1.02.